The molecule has 2 N–H and O–H groups in total. The molecule has 0 amide bonds. The van der Waals surface area contributed by atoms with Crippen LogP contribution in [0.1, 0.15) is 17.3 Å². The molecule has 0 saturated heterocycles. The van der Waals surface area contributed by atoms with Crippen LogP contribution in [0, 0.1) is 0 Å². The van der Waals surface area contributed by atoms with Crippen LogP contribution in [-0.2, 0) is 16.7 Å². The second kappa shape index (κ2) is 8.11. The molecule has 0 aliphatic carbocycles. The third-order valence-electron chi connectivity index (χ3n) is 3.67. The van der Waals surface area contributed by atoms with Crippen LogP contribution < -0.4 is 5.43 Å². The fourth-order valence-corrected chi connectivity index (χ4v) is 2.53. The molecule has 0 bridgehead atoms. The van der Waals surface area contributed by atoms with Crippen LogP contribution in [-0.4, -0.2) is 39.9 Å². The average molecular weight is 390 g/mol. The van der Waals surface area contributed by atoms with Crippen LogP contribution in [0.25, 0.3) is 22.0 Å². The van der Waals surface area contributed by atoms with Crippen molar-refractivity contribution < 1.29 is 22.9 Å². The minimum atomic E-state index is -3.67. The summed E-state index contributed by atoms with van der Waals surface area (Å²) in [5, 5.41) is 9.57. The van der Waals surface area contributed by atoms with Gasteiger partial charge in [0.05, 0.1) is 11.8 Å². The lowest BCUT2D eigenvalue weighted by Crippen LogP contribution is -2.18. The molecule has 27 heavy (non-hydrogen) atoms. The van der Waals surface area contributed by atoms with Crippen LogP contribution in [0.5, 0.6) is 0 Å². The van der Waals surface area contributed by atoms with E-state index in [4.69, 9.17) is 9.66 Å². The largest absolute Gasteiger partial charge is 0.477 e. The fourth-order valence-electron chi connectivity index (χ4n) is 2.53. The first-order valence-corrected chi connectivity index (χ1v) is 9.70. The van der Waals surface area contributed by atoms with E-state index in [0.717, 1.165) is 16.6 Å². The highest BCUT2D eigenvalue weighted by atomic mass is 32.2. The monoisotopic (exact) mass is 390 g/mol. The zero-order valence-electron chi connectivity index (χ0n) is 14.7. The molecule has 0 saturated carbocycles. The molecule has 0 aliphatic rings. The fraction of sp³-hybridized carbons (Fsp3) is 0.167. The van der Waals surface area contributed by atoms with E-state index >= 15 is 0 Å². The zero-order valence-corrected chi connectivity index (χ0v) is 15.5. The van der Waals surface area contributed by atoms with Crippen molar-refractivity contribution in [2.24, 2.45) is 0 Å². The Hall–Kier alpha value is -3.04. The van der Waals surface area contributed by atoms with Gasteiger partial charge < -0.3 is 9.67 Å². The molecular formula is C18H18N2O6S. The smallest absolute Gasteiger partial charge is 0.341 e. The van der Waals surface area contributed by atoms with Gasteiger partial charge in [0.15, 0.2) is 0 Å². The van der Waals surface area contributed by atoms with Gasteiger partial charge in [0.1, 0.15) is 5.56 Å². The quantitative estimate of drug-likeness (QED) is 0.657. The maximum atomic E-state index is 12.3. The predicted octanol–water partition coefficient (Wildman–Crippen LogP) is 2.29. The number of hydrogen-bond acceptors (Lipinski definition) is 5. The summed E-state index contributed by atoms with van der Waals surface area (Å²) in [6, 6.07) is 9.19. The van der Waals surface area contributed by atoms with E-state index in [1.54, 1.807) is 23.0 Å². The van der Waals surface area contributed by atoms with Crippen molar-refractivity contribution >= 4 is 27.0 Å². The lowest BCUT2D eigenvalue weighted by atomic mass is 10.0. The molecule has 9 heteroatoms. The van der Waals surface area contributed by atoms with Gasteiger partial charge in [-0.1, -0.05) is 6.07 Å². The maximum absolute atomic E-state index is 12.3. The number of aromatic carboxylic acids is 1. The Labute approximate surface area is 155 Å². The van der Waals surface area contributed by atoms with Crippen LogP contribution in [0.3, 0.4) is 0 Å². The number of aromatic nitrogens is 2. The number of carboxylic acids is 1. The van der Waals surface area contributed by atoms with Gasteiger partial charge in [-0.25, -0.2) is 4.79 Å². The normalized spacial score (nSPS) is 10.9. The topological polar surface area (TPSA) is 127 Å². The highest BCUT2D eigenvalue weighted by Crippen LogP contribution is 2.23. The van der Waals surface area contributed by atoms with E-state index in [2.05, 4.69) is 4.98 Å². The molecule has 142 valence electrons. The molecule has 0 aliphatic heterocycles. The molecule has 3 rings (SSSR count). The Morgan fingerprint density at radius 3 is 2.26 bits per heavy atom. The summed E-state index contributed by atoms with van der Waals surface area (Å²) in [5.74, 6) is -1.20. The van der Waals surface area contributed by atoms with Gasteiger partial charge in [0.25, 0.3) is 10.1 Å². The lowest BCUT2D eigenvalue weighted by molar-refractivity contribution is 0.0695. The van der Waals surface area contributed by atoms with Gasteiger partial charge in [0, 0.05) is 30.5 Å². The van der Waals surface area contributed by atoms with Crippen molar-refractivity contribution in [3.63, 3.8) is 0 Å². The maximum Gasteiger partial charge on any atom is 0.341 e. The van der Waals surface area contributed by atoms with E-state index < -0.39 is 21.5 Å². The number of nitrogens with zero attached hydrogens (tertiary/aromatic N) is 2. The molecule has 0 unspecified atom stereocenters. The van der Waals surface area contributed by atoms with Crippen LogP contribution in [0.15, 0.2) is 53.7 Å². The molecule has 0 spiro atoms. The summed E-state index contributed by atoms with van der Waals surface area (Å²) in [4.78, 5) is 27.5. The predicted molar refractivity (Wildman–Crippen MR) is 102 cm³/mol. The first kappa shape index (κ1) is 20.3. The van der Waals surface area contributed by atoms with Crippen molar-refractivity contribution in [1.29, 1.82) is 0 Å². The number of carboxylic acid groups (broad SMARTS) is 1. The van der Waals surface area contributed by atoms with E-state index in [-0.39, 0.29) is 5.56 Å². The van der Waals surface area contributed by atoms with Gasteiger partial charge in [-0.3, -0.25) is 14.3 Å². The first-order valence-electron chi connectivity index (χ1n) is 7.85. The molecule has 0 radical (unpaired) electrons. The summed E-state index contributed by atoms with van der Waals surface area (Å²) in [6.07, 6.45) is 5.54. The minimum Gasteiger partial charge on any atom is -0.477 e. The summed E-state index contributed by atoms with van der Waals surface area (Å²) >= 11 is 0. The summed E-state index contributed by atoms with van der Waals surface area (Å²) in [7, 11) is -3.67. The van der Waals surface area contributed by atoms with Gasteiger partial charge in [0.2, 0.25) is 5.43 Å². The number of hydrogen-bond donors (Lipinski definition) is 2. The Kier molecular flexibility index (Phi) is 6.09. The number of pyridine rings is 2. The Bertz CT molecular complexity index is 1130. The van der Waals surface area contributed by atoms with E-state index in [1.807, 2.05) is 31.2 Å². The summed E-state index contributed by atoms with van der Waals surface area (Å²) in [5.41, 5.74) is 2.03. The third kappa shape index (κ3) is 5.22. The molecule has 8 nitrogen and oxygen atoms in total. The van der Waals surface area contributed by atoms with Crippen molar-refractivity contribution in [3.05, 3.63) is 64.7 Å². The number of carbonyl (C=O) groups is 1. The third-order valence-corrected chi connectivity index (χ3v) is 3.67. The number of aryl methyl sites for hydroxylation is 1. The second-order valence-corrected chi connectivity index (χ2v) is 7.13. The van der Waals surface area contributed by atoms with E-state index in [1.165, 1.54) is 6.20 Å². The van der Waals surface area contributed by atoms with Crippen LogP contribution in [0.4, 0.5) is 0 Å². The molecule has 1 aromatic carbocycles. The molecule has 2 aromatic heterocycles. The Morgan fingerprint density at radius 2 is 1.74 bits per heavy atom. The zero-order chi connectivity index (χ0) is 20.2. The average Bonchev–Trinajstić information content (AvgIpc) is 2.61. The Morgan fingerprint density at radius 1 is 1.15 bits per heavy atom. The van der Waals surface area contributed by atoms with Gasteiger partial charge >= 0.3 is 5.97 Å². The summed E-state index contributed by atoms with van der Waals surface area (Å²) in [6.45, 7) is 2.49. The molecule has 0 atom stereocenters. The standard InChI is InChI=1S/C17H14N2O3.CH4O3S/c1-2-19-10-14(17(21)22)16(20)13-4-3-12(9-15(13)19)11-5-7-18-8-6-11;1-5(2,3)4/h3-10H,2H2,1H3,(H,21,22);1H3,(H,2,3,4). The van der Waals surface area contributed by atoms with Crippen LogP contribution in [0.2, 0.25) is 0 Å². The molecule has 2 heterocycles. The highest BCUT2D eigenvalue weighted by Gasteiger charge is 2.14. The van der Waals surface area contributed by atoms with Crippen molar-refractivity contribution in [3.8, 4) is 11.1 Å². The van der Waals surface area contributed by atoms with Crippen molar-refractivity contribution in [2.45, 2.75) is 13.5 Å². The highest BCUT2D eigenvalue weighted by molar-refractivity contribution is 7.85. The van der Waals surface area contributed by atoms with Gasteiger partial charge in [-0.2, -0.15) is 8.42 Å². The lowest BCUT2D eigenvalue weighted by Gasteiger charge is -2.11. The van der Waals surface area contributed by atoms with Gasteiger partial charge in [-0.05, 0) is 42.3 Å². The molecule has 0 fully saturated rings. The SMILES string of the molecule is CCn1cc(C(=O)O)c(=O)c2ccc(-c3ccncc3)cc21.CS(=O)(=O)O. The molecular weight excluding hydrogens is 372 g/mol. The van der Waals surface area contributed by atoms with E-state index in [0.29, 0.717) is 18.2 Å². The minimum absolute atomic E-state index is 0.203. The van der Waals surface area contributed by atoms with Crippen LogP contribution >= 0.6 is 0 Å². The van der Waals surface area contributed by atoms with Crippen molar-refractivity contribution in [1.82, 2.24) is 9.55 Å². The number of rotatable bonds is 3. The van der Waals surface area contributed by atoms with Crippen molar-refractivity contribution in [2.75, 3.05) is 6.26 Å². The second-order valence-electron chi connectivity index (χ2n) is 5.66. The first-order chi connectivity index (χ1) is 12.6. The number of fused-ring (bicyclic) bond motifs is 1. The number of benzene rings is 1. The Balaban J connectivity index is 0.000000465. The van der Waals surface area contributed by atoms with E-state index in [9.17, 15) is 18.0 Å². The van der Waals surface area contributed by atoms with Gasteiger partial charge in [-0.15, -0.1) is 0 Å². The molecule has 3 aromatic rings. The summed E-state index contributed by atoms with van der Waals surface area (Å²) < 4.78 is 27.7.